The third-order valence-electron chi connectivity index (χ3n) is 2.87. The Labute approximate surface area is 90.4 Å². The average Bonchev–Trinajstić information content (AvgIpc) is 2.18. The largest absolute Gasteiger partial charge is 0.508 e. The lowest BCUT2D eigenvalue weighted by atomic mass is 9.96. The molecule has 1 heteroatoms. The zero-order valence-corrected chi connectivity index (χ0v) is 9.41. The molecule has 2 aromatic carbocycles. The van der Waals surface area contributed by atoms with Crippen molar-refractivity contribution in [1.82, 2.24) is 0 Å². The van der Waals surface area contributed by atoms with Crippen molar-refractivity contribution >= 4 is 10.8 Å². The van der Waals surface area contributed by atoms with Gasteiger partial charge in [0.25, 0.3) is 0 Å². The number of aryl methyl sites for hydroxylation is 1. The summed E-state index contributed by atoms with van der Waals surface area (Å²) in [5.41, 5.74) is 2.23. The lowest BCUT2D eigenvalue weighted by Gasteiger charge is -2.11. The van der Waals surface area contributed by atoms with E-state index in [0.29, 0.717) is 11.7 Å². The zero-order chi connectivity index (χ0) is 11.0. The van der Waals surface area contributed by atoms with Crippen LogP contribution in [0.25, 0.3) is 10.8 Å². The van der Waals surface area contributed by atoms with E-state index < -0.39 is 0 Å². The van der Waals surface area contributed by atoms with Gasteiger partial charge in [-0.05, 0) is 46.9 Å². The summed E-state index contributed by atoms with van der Waals surface area (Å²) in [5.74, 6) is 0.765. The number of hydrogen-bond acceptors (Lipinski definition) is 1. The van der Waals surface area contributed by atoms with Gasteiger partial charge in [-0.1, -0.05) is 32.0 Å². The number of hydrogen-bond donors (Lipinski definition) is 1. The minimum absolute atomic E-state index is 0.356. The van der Waals surface area contributed by atoms with Crippen molar-refractivity contribution in [3.8, 4) is 5.75 Å². The fraction of sp³-hybridized carbons (Fsp3) is 0.286. The van der Waals surface area contributed by atoms with Gasteiger partial charge in [-0.2, -0.15) is 0 Å². The molecule has 0 aliphatic heterocycles. The second kappa shape index (κ2) is 3.58. The van der Waals surface area contributed by atoms with Gasteiger partial charge < -0.3 is 5.11 Å². The molecule has 0 aromatic heterocycles. The minimum atomic E-state index is 0.356. The molecule has 1 nitrogen and oxygen atoms in total. The molecule has 0 aliphatic rings. The molecule has 0 amide bonds. The molecule has 78 valence electrons. The highest BCUT2D eigenvalue weighted by molar-refractivity contribution is 5.87. The molecule has 2 aromatic rings. The van der Waals surface area contributed by atoms with E-state index in [-0.39, 0.29) is 0 Å². The Bertz CT molecular complexity index is 498. The highest BCUT2D eigenvalue weighted by Crippen LogP contribution is 2.31. The van der Waals surface area contributed by atoms with Gasteiger partial charge in [0.15, 0.2) is 0 Å². The van der Waals surface area contributed by atoms with Gasteiger partial charge in [0.1, 0.15) is 5.75 Å². The fourth-order valence-electron chi connectivity index (χ4n) is 1.95. The summed E-state index contributed by atoms with van der Waals surface area (Å²) in [7, 11) is 0. The van der Waals surface area contributed by atoms with Crippen molar-refractivity contribution in [2.45, 2.75) is 26.7 Å². The Morgan fingerprint density at radius 3 is 2.53 bits per heavy atom. The standard InChI is InChI=1S/C14H16O/c1-9(2)12-7-11-6-4-5-10(3)13(11)8-14(12)15/h4-9,15H,1-3H3. The van der Waals surface area contributed by atoms with Gasteiger partial charge in [-0.15, -0.1) is 0 Å². The molecule has 0 saturated heterocycles. The predicted molar refractivity (Wildman–Crippen MR) is 64.4 cm³/mol. The maximum absolute atomic E-state index is 9.90. The molecule has 15 heavy (non-hydrogen) atoms. The van der Waals surface area contributed by atoms with Crippen molar-refractivity contribution < 1.29 is 5.11 Å². The highest BCUT2D eigenvalue weighted by atomic mass is 16.3. The van der Waals surface area contributed by atoms with Gasteiger partial charge in [0.05, 0.1) is 0 Å². The fourth-order valence-corrected chi connectivity index (χ4v) is 1.95. The summed E-state index contributed by atoms with van der Waals surface area (Å²) in [6.45, 7) is 6.25. The van der Waals surface area contributed by atoms with Crippen molar-refractivity contribution in [2.24, 2.45) is 0 Å². The Morgan fingerprint density at radius 2 is 1.87 bits per heavy atom. The Morgan fingerprint density at radius 1 is 1.13 bits per heavy atom. The maximum Gasteiger partial charge on any atom is 0.119 e. The third kappa shape index (κ3) is 1.70. The van der Waals surface area contributed by atoms with Crippen LogP contribution in [-0.2, 0) is 0 Å². The van der Waals surface area contributed by atoms with Crippen molar-refractivity contribution in [3.63, 3.8) is 0 Å². The summed E-state index contributed by atoms with van der Waals surface area (Å²) in [4.78, 5) is 0. The van der Waals surface area contributed by atoms with E-state index >= 15 is 0 Å². The quantitative estimate of drug-likeness (QED) is 0.738. The van der Waals surface area contributed by atoms with Crippen molar-refractivity contribution in [2.75, 3.05) is 0 Å². The first-order chi connectivity index (χ1) is 7.09. The maximum atomic E-state index is 9.90. The van der Waals surface area contributed by atoms with Crippen LogP contribution < -0.4 is 0 Å². The monoisotopic (exact) mass is 200 g/mol. The van der Waals surface area contributed by atoms with Crippen LogP contribution in [0.2, 0.25) is 0 Å². The first-order valence-corrected chi connectivity index (χ1v) is 5.32. The number of benzene rings is 2. The van der Waals surface area contributed by atoms with Gasteiger partial charge in [0, 0.05) is 0 Å². The number of phenolic OH excluding ortho intramolecular Hbond substituents is 1. The molecule has 0 spiro atoms. The molecule has 0 aliphatic carbocycles. The zero-order valence-electron chi connectivity index (χ0n) is 9.41. The van der Waals surface area contributed by atoms with Crippen molar-refractivity contribution in [3.05, 3.63) is 41.5 Å². The van der Waals surface area contributed by atoms with Crippen LogP contribution >= 0.6 is 0 Å². The lowest BCUT2D eigenvalue weighted by molar-refractivity contribution is 0.466. The van der Waals surface area contributed by atoms with E-state index in [9.17, 15) is 5.11 Å². The molecule has 0 fully saturated rings. The molecule has 0 heterocycles. The Kier molecular flexibility index (Phi) is 2.39. The Balaban J connectivity index is 2.76. The van der Waals surface area contributed by atoms with E-state index in [0.717, 1.165) is 10.9 Å². The SMILES string of the molecule is Cc1cccc2cc(C(C)C)c(O)cc12. The lowest BCUT2D eigenvalue weighted by Crippen LogP contribution is -1.89. The van der Waals surface area contributed by atoms with Crippen LogP contribution in [-0.4, -0.2) is 5.11 Å². The van der Waals surface area contributed by atoms with Gasteiger partial charge in [0.2, 0.25) is 0 Å². The van der Waals surface area contributed by atoms with Crippen LogP contribution in [0.1, 0.15) is 30.9 Å². The van der Waals surface area contributed by atoms with Crippen LogP contribution in [0.15, 0.2) is 30.3 Å². The first kappa shape index (κ1) is 10.0. The molecule has 0 unspecified atom stereocenters. The first-order valence-electron chi connectivity index (χ1n) is 5.32. The smallest absolute Gasteiger partial charge is 0.119 e. The van der Waals surface area contributed by atoms with Crippen LogP contribution in [0.4, 0.5) is 0 Å². The second-order valence-corrected chi connectivity index (χ2v) is 4.36. The topological polar surface area (TPSA) is 20.2 Å². The summed E-state index contributed by atoms with van der Waals surface area (Å²) >= 11 is 0. The van der Waals surface area contributed by atoms with Crippen LogP contribution in [0, 0.1) is 6.92 Å². The van der Waals surface area contributed by atoms with E-state index in [1.165, 1.54) is 10.9 Å². The van der Waals surface area contributed by atoms with Crippen LogP contribution in [0.5, 0.6) is 5.75 Å². The van der Waals surface area contributed by atoms with Gasteiger partial charge in [-0.25, -0.2) is 0 Å². The van der Waals surface area contributed by atoms with Gasteiger partial charge >= 0.3 is 0 Å². The van der Waals surface area contributed by atoms with E-state index in [1.807, 2.05) is 6.07 Å². The molecule has 0 radical (unpaired) electrons. The highest BCUT2D eigenvalue weighted by Gasteiger charge is 2.08. The molecule has 1 N–H and O–H groups in total. The molecule has 2 rings (SSSR count). The Hall–Kier alpha value is -1.50. The minimum Gasteiger partial charge on any atom is -0.508 e. The molecule has 0 atom stereocenters. The summed E-state index contributed by atoms with van der Waals surface area (Å²) in [6.07, 6.45) is 0. The van der Waals surface area contributed by atoms with E-state index in [4.69, 9.17) is 0 Å². The second-order valence-electron chi connectivity index (χ2n) is 4.36. The number of fused-ring (bicyclic) bond motifs is 1. The molecule has 0 bridgehead atoms. The number of rotatable bonds is 1. The van der Waals surface area contributed by atoms with Crippen LogP contribution in [0.3, 0.4) is 0 Å². The number of aromatic hydroxyl groups is 1. The number of phenols is 1. The summed E-state index contributed by atoms with van der Waals surface area (Å²) in [5, 5.41) is 12.2. The molecule has 0 saturated carbocycles. The molecular formula is C14H16O. The third-order valence-corrected chi connectivity index (χ3v) is 2.87. The normalized spacial score (nSPS) is 11.2. The summed E-state index contributed by atoms with van der Waals surface area (Å²) in [6, 6.07) is 10.2. The van der Waals surface area contributed by atoms with Gasteiger partial charge in [-0.3, -0.25) is 0 Å². The summed E-state index contributed by atoms with van der Waals surface area (Å²) < 4.78 is 0. The van der Waals surface area contributed by atoms with E-state index in [2.05, 4.69) is 45.0 Å². The predicted octanol–water partition coefficient (Wildman–Crippen LogP) is 3.98. The average molecular weight is 200 g/mol. The van der Waals surface area contributed by atoms with E-state index in [1.54, 1.807) is 0 Å². The van der Waals surface area contributed by atoms with Crippen molar-refractivity contribution in [1.29, 1.82) is 0 Å². The molecular weight excluding hydrogens is 184 g/mol.